The predicted molar refractivity (Wildman–Crippen MR) is 131 cm³/mol. The van der Waals surface area contributed by atoms with Crippen LogP contribution >= 0.6 is 0 Å². The van der Waals surface area contributed by atoms with Crippen LogP contribution in [0, 0.1) is 6.92 Å². The monoisotopic (exact) mass is 464 g/mol. The van der Waals surface area contributed by atoms with Crippen LogP contribution in [0.25, 0.3) is 0 Å². The molecule has 0 N–H and O–H groups in total. The first-order chi connectivity index (χ1) is 16.6. The third-order valence-corrected chi connectivity index (χ3v) is 6.94. The maximum Gasteiger partial charge on any atom is 0.338 e. The van der Waals surface area contributed by atoms with Gasteiger partial charge >= 0.3 is 11.9 Å². The second-order valence-corrected chi connectivity index (χ2v) is 9.65. The second kappa shape index (κ2) is 12.2. The molecule has 2 saturated carbocycles. The van der Waals surface area contributed by atoms with Crippen molar-refractivity contribution in [2.24, 2.45) is 0 Å². The van der Waals surface area contributed by atoms with E-state index in [2.05, 4.69) is 0 Å². The highest BCUT2D eigenvalue weighted by Crippen LogP contribution is 2.25. The van der Waals surface area contributed by atoms with Gasteiger partial charge in [0.1, 0.15) is 12.2 Å². The summed E-state index contributed by atoms with van der Waals surface area (Å²) in [5.74, 6) is -0.454. The molecule has 0 unspecified atom stereocenters. The lowest BCUT2D eigenvalue weighted by Crippen LogP contribution is -2.28. The molecule has 0 saturated heterocycles. The Bertz CT molecular complexity index is 920. The van der Waals surface area contributed by atoms with Crippen molar-refractivity contribution in [1.82, 2.24) is 0 Å². The first kappa shape index (κ1) is 24.5. The van der Waals surface area contributed by atoms with Gasteiger partial charge in [-0.3, -0.25) is 0 Å². The maximum atomic E-state index is 12.4. The molecule has 0 spiro atoms. The minimum Gasteiger partial charge on any atom is -0.459 e. The molecular formula is C29H36O5. The van der Waals surface area contributed by atoms with Crippen molar-refractivity contribution >= 4 is 11.9 Å². The fourth-order valence-electron chi connectivity index (χ4n) is 4.78. The van der Waals surface area contributed by atoms with Gasteiger partial charge in [0.2, 0.25) is 0 Å². The van der Waals surface area contributed by atoms with Crippen molar-refractivity contribution in [2.45, 2.75) is 89.4 Å². The third-order valence-electron chi connectivity index (χ3n) is 6.94. The van der Waals surface area contributed by atoms with Gasteiger partial charge in [-0.1, -0.05) is 36.2 Å². The Hall–Kier alpha value is -2.66. The summed E-state index contributed by atoms with van der Waals surface area (Å²) >= 11 is 0. The van der Waals surface area contributed by atoms with Crippen LogP contribution in [-0.2, 0) is 20.6 Å². The van der Waals surface area contributed by atoms with Crippen molar-refractivity contribution in [3.63, 3.8) is 0 Å². The maximum absolute atomic E-state index is 12.4. The minimum atomic E-state index is -0.240. The molecule has 2 aliphatic carbocycles. The van der Waals surface area contributed by atoms with Crippen molar-refractivity contribution in [2.75, 3.05) is 6.61 Å². The molecule has 2 aliphatic rings. The molecule has 2 fully saturated rings. The molecule has 5 heteroatoms. The largest absolute Gasteiger partial charge is 0.459 e. The summed E-state index contributed by atoms with van der Waals surface area (Å²) in [7, 11) is 0. The highest BCUT2D eigenvalue weighted by molar-refractivity contribution is 5.90. The zero-order chi connectivity index (χ0) is 23.8. The van der Waals surface area contributed by atoms with Crippen LogP contribution in [0.2, 0.25) is 0 Å². The molecule has 0 heterocycles. The zero-order valence-electron chi connectivity index (χ0n) is 20.2. The van der Waals surface area contributed by atoms with E-state index >= 15 is 0 Å². The van der Waals surface area contributed by atoms with Crippen LogP contribution in [-0.4, -0.2) is 36.9 Å². The standard InChI is InChI=1S/C29H36O5/c1-21-7-11-23(12-8-21)28(30)34-27-17-15-25(16-18-27)32-20-19-22-9-13-24(14-10-22)29(31)33-26-5-3-2-4-6-26/h7-14,25-27H,2-6,15-20H2,1H3. The van der Waals surface area contributed by atoms with Crippen LogP contribution in [0.4, 0.5) is 0 Å². The van der Waals surface area contributed by atoms with E-state index in [-0.39, 0.29) is 30.3 Å². The second-order valence-electron chi connectivity index (χ2n) is 9.65. The van der Waals surface area contributed by atoms with E-state index in [9.17, 15) is 9.59 Å². The lowest BCUT2D eigenvalue weighted by molar-refractivity contribution is -0.0188. The summed E-state index contributed by atoms with van der Waals surface area (Å²) < 4.78 is 17.4. The molecule has 2 aromatic rings. The molecule has 34 heavy (non-hydrogen) atoms. The lowest BCUT2D eigenvalue weighted by Gasteiger charge is -2.28. The molecule has 0 radical (unpaired) electrons. The van der Waals surface area contributed by atoms with Gasteiger partial charge in [0, 0.05) is 0 Å². The summed E-state index contributed by atoms with van der Waals surface area (Å²) in [4.78, 5) is 24.7. The van der Waals surface area contributed by atoms with E-state index in [0.29, 0.717) is 17.7 Å². The highest BCUT2D eigenvalue weighted by atomic mass is 16.5. The quantitative estimate of drug-likeness (QED) is 0.435. The van der Waals surface area contributed by atoms with Gasteiger partial charge in [-0.05, 0) is 94.5 Å². The first-order valence-electron chi connectivity index (χ1n) is 12.8. The molecule has 0 aromatic heterocycles. The first-order valence-corrected chi connectivity index (χ1v) is 12.8. The van der Waals surface area contributed by atoms with Crippen molar-refractivity contribution in [1.29, 1.82) is 0 Å². The number of carbonyl (C=O) groups is 2. The molecular weight excluding hydrogens is 428 g/mol. The normalized spacial score (nSPS) is 21.1. The summed E-state index contributed by atoms with van der Waals surface area (Å²) in [5.41, 5.74) is 3.50. The number of ether oxygens (including phenoxy) is 3. The molecule has 2 aromatic carbocycles. The number of carbonyl (C=O) groups excluding carboxylic acids is 2. The summed E-state index contributed by atoms with van der Waals surface area (Å²) in [6.07, 6.45) is 10.0. The number of rotatable bonds is 8. The minimum absolute atomic E-state index is 0.0328. The molecule has 182 valence electrons. The van der Waals surface area contributed by atoms with Gasteiger partial charge < -0.3 is 14.2 Å². The van der Waals surface area contributed by atoms with Gasteiger partial charge in [0.15, 0.2) is 0 Å². The predicted octanol–water partition coefficient (Wildman–Crippen LogP) is 6.21. The topological polar surface area (TPSA) is 61.8 Å². The van der Waals surface area contributed by atoms with E-state index in [1.807, 2.05) is 55.5 Å². The van der Waals surface area contributed by atoms with Gasteiger partial charge in [0.05, 0.1) is 23.8 Å². The smallest absolute Gasteiger partial charge is 0.338 e. The zero-order valence-corrected chi connectivity index (χ0v) is 20.2. The Morgan fingerprint density at radius 1 is 0.676 bits per heavy atom. The van der Waals surface area contributed by atoms with Gasteiger partial charge in [0.25, 0.3) is 0 Å². The van der Waals surface area contributed by atoms with Crippen molar-refractivity contribution in [3.8, 4) is 0 Å². The summed E-state index contributed by atoms with van der Waals surface area (Å²) in [5, 5.41) is 0. The number of esters is 2. The van der Waals surface area contributed by atoms with Crippen LogP contribution in [0.1, 0.15) is 89.6 Å². The SMILES string of the molecule is Cc1ccc(C(=O)OC2CCC(OCCc3ccc(C(=O)OC4CCCCC4)cc3)CC2)cc1. The van der Waals surface area contributed by atoms with Crippen molar-refractivity contribution in [3.05, 3.63) is 70.8 Å². The number of benzene rings is 2. The van der Waals surface area contributed by atoms with E-state index in [1.165, 1.54) is 6.42 Å². The summed E-state index contributed by atoms with van der Waals surface area (Å²) in [6, 6.07) is 15.2. The van der Waals surface area contributed by atoms with Gasteiger partial charge in [-0.15, -0.1) is 0 Å². The Kier molecular flexibility index (Phi) is 8.75. The Balaban J connectivity index is 1.13. The fourth-order valence-corrected chi connectivity index (χ4v) is 4.78. The molecule has 0 amide bonds. The molecule has 0 aliphatic heterocycles. The van der Waals surface area contributed by atoms with Crippen LogP contribution < -0.4 is 0 Å². The fraction of sp³-hybridized carbons (Fsp3) is 0.517. The van der Waals surface area contributed by atoms with Crippen LogP contribution in [0.5, 0.6) is 0 Å². The van der Waals surface area contributed by atoms with E-state index in [1.54, 1.807) is 0 Å². The highest BCUT2D eigenvalue weighted by Gasteiger charge is 2.25. The van der Waals surface area contributed by atoms with E-state index in [0.717, 1.165) is 68.9 Å². The van der Waals surface area contributed by atoms with E-state index in [4.69, 9.17) is 14.2 Å². The third kappa shape index (κ3) is 7.17. The lowest BCUT2D eigenvalue weighted by atomic mass is 9.95. The number of hydrogen-bond acceptors (Lipinski definition) is 5. The summed E-state index contributed by atoms with van der Waals surface area (Å²) in [6.45, 7) is 2.64. The molecule has 4 rings (SSSR count). The van der Waals surface area contributed by atoms with Gasteiger partial charge in [-0.2, -0.15) is 0 Å². The molecule has 5 nitrogen and oxygen atoms in total. The Morgan fingerprint density at radius 3 is 1.76 bits per heavy atom. The Labute approximate surface area is 202 Å². The van der Waals surface area contributed by atoms with Crippen LogP contribution in [0.15, 0.2) is 48.5 Å². The van der Waals surface area contributed by atoms with Gasteiger partial charge in [-0.25, -0.2) is 9.59 Å². The number of hydrogen-bond donors (Lipinski definition) is 0. The van der Waals surface area contributed by atoms with E-state index < -0.39 is 0 Å². The molecule has 0 bridgehead atoms. The number of aryl methyl sites for hydroxylation is 1. The average molecular weight is 465 g/mol. The van der Waals surface area contributed by atoms with Crippen molar-refractivity contribution < 1.29 is 23.8 Å². The Morgan fingerprint density at radius 2 is 1.18 bits per heavy atom. The molecule has 0 atom stereocenters. The average Bonchev–Trinajstić information content (AvgIpc) is 2.86. The van der Waals surface area contributed by atoms with Crippen LogP contribution in [0.3, 0.4) is 0 Å².